The normalized spacial score (nSPS) is 12.0. The molecule has 0 heterocycles. The molecule has 0 saturated heterocycles. The molecular formula is C18H19F2N3O3. The monoisotopic (exact) mass is 363 g/mol. The summed E-state index contributed by atoms with van der Waals surface area (Å²) in [6.45, 7) is -2.55. The Balaban J connectivity index is 2.17. The quantitative estimate of drug-likeness (QED) is 0.792. The van der Waals surface area contributed by atoms with Gasteiger partial charge in [-0.25, -0.2) is 4.79 Å². The van der Waals surface area contributed by atoms with Crippen molar-refractivity contribution in [3.8, 4) is 5.75 Å². The average Bonchev–Trinajstić information content (AvgIpc) is 2.56. The molecule has 138 valence electrons. The highest BCUT2D eigenvalue weighted by Gasteiger charge is 2.26. The molecule has 2 aromatic carbocycles. The number of carbonyl (C=O) groups excluding carboxylic acids is 2. The summed E-state index contributed by atoms with van der Waals surface area (Å²) in [6, 6.07) is 13.3. The minimum atomic E-state index is -2.89. The summed E-state index contributed by atoms with van der Waals surface area (Å²) in [4.78, 5) is 25.2. The Hall–Kier alpha value is -3.00. The van der Waals surface area contributed by atoms with Crippen molar-refractivity contribution in [1.82, 2.24) is 10.2 Å². The lowest BCUT2D eigenvalue weighted by atomic mass is 10.0. The first-order valence-electron chi connectivity index (χ1n) is 7.76. The molecule has 0 aromatic heterocycles. The molecule has 0 aliphatic heterocycles. The first-order valence-corrected chi connectivity index (χ1v) is 7.76. The molecule has 0 bridgehead atoms. The molecular weight excluding hydrogens is 344 g/mol. The molecule has 0 fully saturated rings. The lowest BCUT2D eigenvalue weighted by Gasteiger charge is -2.27. The van der Waals surface area contributed by atoms with Crippen molar-refractivity contribution >= 4 is 11.9 Å². The Morgan fingerprint density at radius 3 is 2.27 bits per heavy atom. The molecule has 0 radical (unpaired) electrons. The maximum atomic E-state index is 12.4. The zero-order chi connectivity index (χ0) is 19.1. The zero-order valence-corrected chi connectivity index (χ0v) is 14.1. The van der Waals surface area contributed by atoms with Crippen molar-refractivity contribution in [2.45, 2.75) is 19.2 Å². The van der Waals surface area contributed by atoms with E-state index in [1.807, 2.05) is 6.07 Å². The van der Waals surface area contributed by atoms with Crippen LogP contribution < -0.4 is 15.8 Å². The topological polar surface area (TPSA) is 84.7 Å². The summed E-state index contributed by atoms with van der Waals surface area (Å²) < 4.78 is 28.7. The van der Waals surface area contributed by atoms with Crippen LogP contribution in [0.3, 0.4) is 0 Å². The number of alkyl halides is 2. The van der Waals surface area contributed by atoms with Crippen molar-refractivity contribution in [3.63, 3.8) is 0 Å². The van der Waals surface area contributed by atoms with Gasteiger partial charge in [0.25, 0.3) is 0 Å². The number of ether oxygens (including phenoxy) is 1. The number of halogens is 2. The second kappa shape index (κ2) is 8.91. The molecule has 2 rings (SSSR count). The molecule has 2 aromatic rings. The fourth-order valence-corrected chi connectivity index (χ4v) is 2.59. The van der Waals surface area contributed by atoms with Crippen molar-refractivity contribution in [3.05, 3.63) is 65.7 Å². The fourth-order valence-electron chi connectivity index (χ4n) is 2.59. The van der Waals surface area contributed by atoms with Crippen LogP contribution in [0.5, 0.6) is 5.75 Å². The lowest BCUT2D eigenvalue weighted by Crippen LogP contribution is -2.43. The first kappa shape index (κ1) is 19.3. The van der Waals surface area contributed by atoms with Gasteiger partial charge < -0.3 is 10.5 Å². The van der Waals surface area contributed by atoms with Crippen LogP contribution >= 0.6 is 0 Å². The van der Waals surface area contributed by atoms with E-state index in [1.54, 1.807) is 48.3 Å². The Bertz CT molecular complexity index is 739. The van der Waals surface area contributed by atoms with E-state index in [0.717, 1.165) is 5.56 Å². The predicted octanol–water partition coefficient (Wildman–Crippen LogP) is 2.66. The summed E-state index contributed by atoms with van der Waals surface area (Å²) >= 11 is 0. The van der Waals surface area contributed by atoms with Gasteiger partial charge in [0.1, 0.15) is 11.8 Å². The number of nitrogens with two attached hydrogens (primary N) is 1. The van der Waals surface area contributed by atoms with Crippen LogP contribution in [-0.4, -0.2) is 30.5 Å². The van der Waals surface area contributed by atoms with Gasteiger partial charge in [0.15, 0.2) is 0 Å². The van der Waals surface area contributed by atoms with E-state index < -0.39 is 24.6 Å². The second-order valence-electron chi connectivity index (χ2n) is 5.60. The van der Waals surface area contributed by atoms with Gasteiger partial charge in [0, 0.05) is 6.54 Å². The Kier molecular flexibility index (Phi) is 6.62. The van der Waals surface area contributed by atoms with Crippen LogP contribution in [0.15, 0.2) is 54.6 Å². The molecule has 26 heavy (non-hydrogen) atoms. The van der Waals surface area contributed by atoms with E-state index in [9.17, 15) is 18.4 Å². The van der Waals surface area contributed by atoms with Crippen LogP contribution in [0.4, 0.5) is 13.6 Å². The van der Waals surface area contributed by atoms with Gasteiger partial charge in [0.05, 0.1) is 0 Å². The number of nitrogens with zero attached hydrogens (tertiary/aromatic N) is 1. The maximum Gasteiger partial charge on any atom is 0.387 e. The van der Waals surface area contributed by atoms with Gasteiger partial charge in [0.2, 0.25) is 5.91 Å². The van der Waals surface area contributed by atoms with Gasteiger partial charge >= 0.3 is 12.6 Å². The predicted molar refractivity (Wildman–Crippen MR) is 91.5 cm³/mol. The van der Waals surface area contributed by atoms with Crippen molar-refractivity contribution in [1.29, 1.82) is 0 Å². The zero-order valence-electron chi connectivity index (χ0n) is 14.1. The molecule has 0 aliphatic carbocycles. The second-order valence-corrected chi connectivity index (χ2v) is 5.60. The molecule has 0 aliphatic rings. The SMILES string of the molecule is CN(Cc1ccc(OC(F)F)cc1)[C@H](C(=O)NC(N)=O)c1ccccc1. The average molecular weight is 363 g/mol. The van der Waals surface area contributed by atoms with Crippen molar-refractivity contribution in [2.24, 2.45) is 5.73 Å². The number of amides is 3. The summed E-state index contributed by atoms with van der Waals surface area (Å²) in [6.07, 6.45) is 0. The van der Waals surface area contributed by atoms with Gasteiger partial charge in [-0.3, -0.25) is 15.0 Å². The van der Waals surface area contributed by atoms with E-state index in [4.69, 9.17) is 5.73 Å². The molecule has 1 atom stereocenters. The third kappa shape index (κ3) is 5.52. The van der Waals surface area contributed by atoms with E-state index in [2.05, 4.69) is 10.1 Å². The number of nitrogens with one attached hydrogen (secondary N) is 1. The highest BCUT2D eigenvalue weighted by Crippen LogP contribution is 2.23. The molecule has 0 saturated carbocycles. The third-order valence-electron chi connectivity index (χ3n) is 3.63. The number of urea groups is 1. The number of rotatable bonds is 7. The lowest BCUT2D eigenvalue weighted by molar-refractivity contribution is -0.125. The molecule has 8 heteroatoms. The Morgan fingerprint density at radius 2 is 1.73 bits per heavy atom. The highest BCUT2D eigenvalue weighted by molar-refractivity contribution is 5.96. The van der Waals surface area contributed by atoms with E-state index in [-0.39, 0.29) is 5.75 Å². The number of likely N-dealkylation sites (N-methyl/N-ethyl adjacent to an activating group) is 1. The van der Waals surface area contributed by atoms with Gasteiger partial charge in [-0.2, -0.15) is 8.78 Å². The first-order chi connectivity index (χ1) is 12.4. The highest BCUT2D eigenvalue weighted by atomic mass is 19.3. The van der Waals surface area contributed by atoms with Crippen LogP contribution in [0.2, 0.25) is 0 Å². The molecule has 0 spiro atoms. The van der Waals surface area contributed by atoms with E-state index in [0.29, 0.717) is 12.1 Å². The molecule has 3 amide bonds. The molecule has 3 N–H and O–H groups in total. The number of imide groups is 1. The van der Waals surface area contributed by atoms with Gasteiger partial charge in [-0.1, -0.05) is 42.5 Å². The number of hydrogen-bond acceptors (Lipinski definition) is 4. The number of hydrogen-bond donors (Lipinski definition) is 2. The summed E-state index contributed by atoms with van der Waals surface area (Å²) in [5.41, 5.74) is 6.52. The number of benzene rings is 2. The minimum Gasteiger partial charge on any atom is -0.435 e. The Labute approximate surface area is 149 Å². The smallest absolute Gasteiger partial charge is 0.387 e. The fraction of sp³-hybridized carbons (Fsp3) is 0.222. The van der Waals surface area contributed by atoms with Crippen molar-refractivity contribution in [2.75, 3.05) is 7.05 Å². The molecule has 0 unspecified atom stereocenters. The van der Waals surface area contributed by atoms with Crippen LogP contribution in [0.1, 0.15) is 17.2 Å². The van der Waals surface area contributed by atoms with E-state index in [1.165, 1.54) is 12.1 Å². The van der Waals surface area contributed by atoms with Gasteiger partial charge in [-0.15, -0.1) is 0 Å². The number of carbonyl (C=O) groups is 2. The van der Waals surface area contributed by atoms with Crippen LogP contribution in [0.25, 0.3) is 0 Å². The summed E-state index contributed by atoms with van der Waals surface area (Å²) in [7, 11) is 1.71. The number of primary amides is 1. The summed E-state index contributed by atoms with van der Waals surface area (Å²) in [5, 5.41) is 2.09. The standard InChI is InChI=1S/C18H19F2N3O3/c1-23(11-12-7-9-14(10-8-12)26-17(19)20)15(16(24)22-18(21)25)13-5-3-2-4-6-13/h2-10,15,17H,11H2,1H3,(H3,21,22,24,25)/t15-/m0/s1. The van der Waals surface area contributed by atoms with E-state index >= 15 is 0 Å². The van der Waals surface area contributed by atoms with Gasteiger partial charge in [-0.05, 0) is 30.3 Å². The summed E-state index contributed by atoms with van der Waals surface area (Å²) in [5.74, 6) is -0.499. The van der Waals surface area contributed by atoms with Crippen molar-refractivity contribution < 1.29 is 23.1 Å². The van der Waals surface area contributed by atoms with Crippen LogP contribution in [-0.2, 0) is 11.3 Å². The maximum absolute atomic E-state index is 12.4. The molecule has 6 nitrogen and oxygen atoms in total. The minimum absolute atomic E-state index is 0.0532. The largest absolute Gasteiger partial charge is 0.435 e. The third-order valence-corrected chi connectivity index (χ3v) is 3.63. The van der Waals surface area contributed by atoms with Crippen LogP contribution in [0, 0.1) is 0 Å². The Morgan fingerprint density at radius 1 is 1.12 bits per heavy atom.